The molecule has 8 heavy (non-hydrogen) atoms. The van der Waals surface area contributed by atoms with Crippen LogP contribution in [0.4, 0.5) is 4.70 Å². The van der Waals surface area contributed by atoms with Gasteiger partial charge in [-0.3, -0.25) is 4.70 Å². The number of hydrogen-bond donors (Lipinski definition) is 0. The zero-order chi connectivity index (χ0) is 6.12. The van der Waals surface area contributed by atoms with Gasteiger partial charge in [-0.05, 0) is 6.42 Å². The van der Waals surface area contributed by atoms with E-state index in [1.54, 1.807) is 0 Å². The van der Waals surface area contributed by atoms with Crippen LogP contribution >= 0.6 is 15.9 Å². The summed E-state index contributed by atoms with van der Waals surface area (Å²) >= 11 is 3.31. The van der Waals surface area contributed by atoms with Crippen LogP contribution in [0.2, 0.25) is 0 Å². The molecule has 2 heteroatoms. The van der Waals surface area contributed by atoms with Crippen molar-refractivity contribution >= 4 is 15.9 Å². The van der Waals surface area contributed by atoms with Gasteiger partial charge in [0, 0.05) is 5.33 Å². The van der Waals surface area contributed by atoms with Crippen LogP contribution < -0.4 is 0 Å². The van der Waals surface area contributed by atoms with E-state index in [0.29, 0.717) is 0 Å². The largest absolute Gasteiger partial charge is 0.269 e. The van der Waals surface area contributed by atoms with Gasteiger partial charge in [-0.1, -0.05) is 43.1 Å². The van der Waals surface area contributed by atoms with Gasteiger partial charge >= 0.3 is 0 Å². The number of unbranched alkanes of at least 4 members (excludes halogenated alkanes) is 1. The first kappa shape index (κ1) is 15.8. The maximum atomic E-state index is 3.31. The molecule has 0 rings (SSSR count). The van der Waals surface area contributed by atoms with Crippen LogP contribution in [-0.2, 0) is 0 Å². The Balaban J connectivity index is -0.0000000750. The Labute approximate surface area is 60.2 Å². The highest BCUT2D eigenvalue weighted by Crippen LogP contribution is 1.89. The Morgan fingerprint density at radius 3 is 1.62 bits per heavy atom. The Bertz CT molecular complexity index is 16.0. The molecule has 0 N–H and O–H groups in total. The molecule has 0 aliphatic heterocycles. The van der Waals surface area contributed by atoms with Crippen molar-refractivity contribution in [2.75, 3.05) is 5.33 Å². The molecule has 0 saturated heterocycles. The molecule has 0 aliphatic carbocycles. The molecule has 0 unspecified atom stereocenters. The summed E-state index contributed by atoms with van der Waals surface area (Å²) in [4.78, 5) is 0. The van der Waals surface area contributed by atoms with E-state index in [1.807, 2.05) is 13.8 Å². The van der Waals surface area contributed by atoms with E-state index in [1.165, 1.54) is 12.8 Å². The minimum Gasteiger partial charge on any atom is -0.269 e. The average molecular weight is 187 g/mol. The first-order valence-corrected chi connectivity index (χ1v) is 4.10. The first-order chi connectivity index (χ1) is 3.41. The fraction of sp³-hybridized carbons (Fsp3) is 1.00. The third-order valence-corrected chi connectivity index (χ3v) is 1.05. The maximum Gasteiger partial charge on any atom is 0.00312 e. The summed E-state index contributed by atoms with van der Waals surface area (Å²) in [5.74, 6) is 0. The van der Waals surface area contributed by atoms with E-state index < -0.39 is 0 Å². The summed E-state index contributed by atoms with van der Waals surface area (Å²) in [5, 5.41) is 1.16. The molecular formula is C6H16BrF. The Kier molecular flexibility index (Phi) is 51.6. The molecule has 0 aromatic carbocycles. The molecule has 0 aromatic heterocycles. The second kappa shape index (κ2) is 26.2. The summed E-state index contributed by atoms with van der Waals surface area (Å²) in [6, 6.07) is 0. The highest BCUT2D eigenvalue weighted by atomic mass is 79.9. The van der Waals surface area contributed by atoms with Gasteiger partial charge in [-0.15, -0.1) is 0 Å². The van der Waals surface area contributed by atoms with Crippen molar-refractivity contribution in [2.24, 2.45) is 0 Å². The van der Waals surface area contributed by atoms with Gasteiger partial charge in [-0.2, -0.15) is 0 Å². The smallest absolute Gasteiger partial charge is 0.00312 e. The van der Waals surface area contributed by atoms with Crippen LogP contribution in [-0.4, -0.2) is 5.33 Å². The van der Waals surface area contributed by atoms with Crippen molar-refractivity contribution < 1.29 is 4.70 Å². The molecule has 0 radical (unpaired) electrons. The lowest BCUT2D eigenvalue weighted by molar-refractivity contribution is 0.902. The van der Waals surface area contributed by atoms with Gasteiger partial charge in [-0.25, -0.2) is 0 Å². The second-order valence-electron chi connectivity index (χ2n) is 1.04. The Morgan fingerprint density at radius 2 is 1.62 bits per heavy atom. The molecule has 0 amide bonds. The zero-order valence-corrected chi connectivity index (χ0v) is 7.49. The number of hydrogen-bond acceptors (Lipinski definition) is 0. The molecule has 0 saturated carbocycles. The van der Waals surface area contributed by atoms with Crippen molar-refractivity contribution in [3.63, 3.8) is 0 Å². The normalized spacial score (nSPS) is 6.00. The van der Waals surface area contributed by atoms with E-state index in [4.69, 9.17) is 0 Å². The van der Waals surface area contributed by atoms with Crippen LogP contribution in [0.5, 0.6) is 0 Å². The van der Waals surface area contributed by atoms with E-state index in [0.717, 1.165) is 5.33 Å². The first-order valence-electron chi connectivity index (χ1n) is 2.97. The van der Waals surface area contributed by atoms with E-state index in [2.05, 4.69) is 22.9 Å². The number of alkyl halides is 1. The van der Waals surface area contributed by atoms with Crippen LogP contribution in [0.3, 0.4) is 0 Å². The lowest BCUT2D eigenvalue weighted by Crippen LogP contribution is -1.64. The molecule has 0 atom stereocenters. The quantitative estimate of drug-likeness (QED) is 0.581. The minimum atomic E-state index is 0. The minimum absolute atomic E-state index is 0. The third-order valence-electron chi connectivity index (χ3n) is 0.487. The van der Waals surface area contributed by atoms with E-state index in [-0.39, 0.29) is 4.70 Å². The average Bonchev–Trinajstić information content (AvgIpc) is 1.75. The van der Waals surface area contributed by atoms with Gasteiger partial charge < -0.3 is 0 Å². The highest BCUT2D eigenvalue weighted by molar-refractivity contribution is 9.09. The van der Waals surface area contributed by atoms with Gasteiger partial charge in [0.05, 0.1) is 0 Å². The number of rotatable bonds is 2. The molecule has 0 fully saturated rings. The van der Waals surface area contributed by atoms with E-state index >= 15 is 0 Å². The summed E-state index contributed by atoms with van der Waals surface area (Å²) in [6.45, 7) is 6.18. The predicted octanol–water partition coefficient (Wildman–Crippen LogP) is 3.36. The highest BCUT2D eigenvalue weighted by Gasteiger charge is 1.69. The van der Waals surface area contributed by atoms with Gasteiger partial charge in [0.25, 0.3) is 0 Å². The fourth-order valence-corrected chi connectivity index (χ4v) is 0.694. The molecule has 0 spiro atoms. The summed E-state index contributed by atoms with van der Waals surface area (Å²) in [7, 11) is 0. The molecule has 0 heterocycles. The topological polar surface area (TPSA) is 0 Å². The third kappa shape index (κ3) is 32.3. The standard InChI is InChI=1S/C4H9Br.C2H6.FH/c1-2-3-4-5;1-2;/h2-4H2,1H3;1-2H3;1H. The zero-order valence-electron chi connectivity index (χ0n) is 5.91. The van der Waals surface area contributed by atoms with Crippen LogP contribution in [0, 0.1) is 0 Å². The molecule has 0 aromatic rings. The van der Waals surface area contributed by atoms with Crippen molar-refractivity contribution in [3.8, 4) is 0 Å². The summed E-state index contributed by atoms with van der Waals surface area (Å²) in [6.07, 6.45) is 2.60. The van der Waals surface area contributed by atoms with Gasteiger partial charge in [0.15, 0.2) is 0 Å². The summed E-state index contributed by atoms with van der Waals surface area (Å²) < 4.78 is 0. The second-order valence-corrected chi connectivity index (χ2v) is 1.84. The van der Waals surface area contributed by atoms with Crippen molar-refractivity contribution in [1.29, 1.82) is 0 Å². The van der Waals surface area contributed by atoms with Crippen molar-refractivity contribution in [1.82, 2.24) is 0 Å². The number of halogens is 2. The van der Waals surface area contributed by atoms with E-state index in [9.17, 15) is 0 Å². The maximum absolute atomic E-state index is 3.31. The lowest BCUT2D eigenvalue weighted by Gasteiger charge is -1.77. The molecule has 0 bridgehead atoms. The summed E-state index contributed by atoms with van der Waals surface area (Å²) in [5.41, 5.74) is 0. The Morgan fingerprint density at radius 1 is 1.25 bits per heavy atom. The fourth-order valence-electron chi connectivity index (χ4n) is 0.134. The predicted molar refractivity (Wildman–Crippen MR) is 42.6 cm³/mol. The SMILES string of the molecule is CC.CCCCBr.F. The molecular weight excluding hydrogens is 171 g/mol. The molecule has 0 nitrogen and oxygen atoms in total. The molecule has 0 aliphatic rings. The van der Waals surface area contributed by atoms with Crippen LogP contribution in [0.25, 0.3) is 0 Å². The van der Waals surface area contributed by atoms with Crippen LogP contribution in [0.1, 0.15) is 33.6 Å². The lowest BCUT2D eigenvalue weighted by atomic mass is 10.4. The van der Waals surface area contributed by atoms with Gasteiger partial charge in [0.1, 0.15) is 0 Å². The van der Waals surface area contributed by atoms with Crippen molar-refractivity contribution in [3.05, 3.63) is 0 Å². The van der Waals surface area contributed by atoms with Gasteiger partial charge in [0.2, 0.25) is 0 Å². The monoisotopic (exact) mass is 186 g/mol. The molecule has 54 valence electrons. The van der Waals surface area contributed by atoms with Crippen LogP contribution in [0.15, 0.2) is 0 Å². The van der Waals surface area contributed by atoms with Crippen molar-refractivity contribution in [2.45, 2.75) is 33.6 Å². The Hall–Kier alpha value is 0.410.